The predicted molar refractivity (Wildman–Crippen MR) is 86.4 cm³/mol. The van der Waals surface area contributed by atoms with Crippen molar-refractivity contribution in [3.8, 4) is 0 Å². The first-order valence-electron chi connectivity index (χ1n) is 6.80. The van der Waals surface area contributed by atoms with Gasteiger partial charge in [0.25, 0.3) is 10.0 Å². The monoisotopic (exact) mass is 374 g/mol. The minimum atomic E-state index is -3.59. The van der Waals surface area contributed by atoms with Crippen LogP contribution in [0.2, 0.25) is 0 Å². The summed E-state index contributed by atoms with van der Waals surface area (Å²) in [6.45, 7) is 4.20. The fraction of sp³-hybridized carbons (Fsp3) is 0.462. The van der Waals surface area contributed by atoms with Crippen LogP contribution in [0.4, 0.5) is 0 Å². The minimum absolute atomic E-state index is 0.212. The van der Waals surface area contributed by atoms with E-state index < -0.39 is 10.0 Å². The highest BCUT2D eigenvalue weighted by Crippen LogP contribution is 2.14. The van der Waals surface area contributed by atoms with Crippen molar-refractivity contribution in [2.24, 2.45) is 4.99 Å². The van der Waals surface area contributed by atoms with E-state index >= 15 is 0 Å². The standard InChI is InChI=1S/C13H19BrN4O2S/c1-2-3-8-18-9-15-13(16-10-18)17-21(19,20)12-6-4-11(14)5-7-12/h4-7H,2-3,8-10H2,1H3,(H2,15,16,17). The molecule has 8 heteroatoms. The fourth-order valence-corrected chi connectivity index (χ4v) is 3.13. The second kappa shape index (κ2) is 7.24. The van der Waals surface area contributed by atoms with Crippen LogP contribution in [0.5, 0.6) is 0 Å². The molecule has 0 amide bonds. The molecule has 1 aliphatic rings. The first kappa shape index (κ1) is 16.3. The van der Waals surface area contributed by atoms with Crippen LogP contribution in [0.1, 0.15) is 19.8 Å². The van der Waals surface area contributed by atoms with Crippen molar-refractivity contribution in [1.29, 1.82) is 0 Å². The van der Waals surface area contributed by atoms with Crippen LogP contribution in [0.25, 0.3) is 0 Å². The Bertz CT molecular complexity index is 601. The lowest BCUT2D eigenvalue weighted by Gasteiger charge is -2.26. The quantitative estimate of drug-likeness (QED) is 0.822. The van der Waals surface area contributed by atoms with Crippen LogP contribution in [0, 0.1) is 0 Å². The summed E-state index contributed by atoms with van der Waals surface area (Å²) in [6, 6.07) is 6.47. The van der Waals surface area contributed by atoms with Gasteiger partial charge in [-0.15, -0.1) is 0 Å². The zero-order chi connectivity index (χ0) is 15.3. The van der Waals surface area contributed by atoms with Crippen LogP contribution >= 0.6 is 15.9 Å². The molecule has 1 aliphatic heterocycles. The predicted octanol–water partition coefficient (Wildman–Crippen LogP) is 1.70. The molecule has 1 heterocycles. The van der Waals surface area contributed by atoms with Gasteiger partial charge in [-0.05, 0) is 30.7 Å². The van der Waals surface area contributed by atoms with Gasteiger partial charge in [0, 0.05) is 11.0 Å². The van der Waals surface area contributed by atoms with Crippen molar-refractivity contribution in [2.45, 2.75) is 24.7 Å². The second-order valence-electron chi connectivity index (χ2n) is 4.79. The summed E-state index contributed by atoms with van der Waals surface area (Å²) < 4.78 is 27.7. The molecule has 0 aromatic heterocycles. The number of guanidine groups is 1. The first-order chi connectivity index (χ1) is 10.0. The van der Waals surface area contributed by atoms with Gasteiger partial charge >= 0.3 is 0 Å². The van der Waals surface area contributed by atoms with Crippen LogP contribution < -0.4 is 10.0 Å². The lowest BCUT2D eigenvalue weighted by molar-refractivity contribution is 0.259. The van der Waals surface area contributed by atoms with E-state index in [1.54, 1.807) is 24.3 Å². The molecule has 0 fully saturated rings. The average Bonchev–Trinajstić information content (AvgIpc) is 2.47. The Kier molecular flexibility index (Phi) is 5.60. The number of unbranched alkanes of at least 4 members (excludes halogenated alkanes) is 1. The lowest BCUT2D eigenvalue weighted by Crippen LogP contribution is -2.50. The number of nitrogens with zero attached hydrogens (tertiary/aromatic N) is 2. The maximum Gasteiger partial charge on any atom is 0.264 e. The number of rotatable bonds is 5. The highest BCUT2D eigenvalue weighted by atomic mass is 79.9. The molecule has 1 aromatic rings. The largest absolute Gasteiger partial charge is 0.343 e. The van der Waals surface area contributed by atoms with Crippen molar-refractivity contribution in [2.75, 3.05) is 19.9 Å². The molecule has 0 unspecified atom stereocenters. The van der Waals surface area contributed by atoms with E-state index in [0.29, 0.717) is 19.3 Å². The van der Waals surface area contributed by atoms with Crippen molar-refractivity contribution in [1.82, 2.24) is 14.9 Å². The molecule has 2 rings (SSSR count). The average molecular weight is 375 g/mol. The van der Waals surface area contributed by atoms with Crippen molar-refractivity contribution in [3.63, 3.8) is 0 Å². The van der Waals surface area contributed by atoms with Crippen molar-refractivity contribution < 1.29 is 8.42 Å². The Hall–Kier alpha value is -1.12. The van der Waals surface area contributed by atoms with E-state index in [1.807, 2.05) is 0 Å². The normalized spacial score (nSPS) is 16.2. The molecular formula is C13H19BrN4O2S. The maximum atomic E-state index is 12.2. The van der Waals surface area contributed by atoms with Crippen molar-refractivity contribution >= 4 is 31.9 Å². The van der Waals surface area contributed by atoms with Gasteiger partial charge in [-0.25, -0.2) is 18.1 Å². The van der Waals surface area contributed by atoms with E-state index in [0.717, 1.165) is 23.9 Å². The van der Waals surface area contributed by atoms with Gasteiger partial charge in [-0.1, -0.05) is 29.3 Å². The summed E-state index contributed by atoms with van der Waals surface area (Å²) in [7, 11) is -3.59. The number of hydrogen-bond acceptors (Lipinski definition) is 5. The summed E-state index contributed by atoms with van der Waals surface area (Å²) in [6.07, 6.45) is 2.24. The molecule has 1 aromatic carbocycles. The maximum absolute atomic E-state index is 12.2. The van der Waals surface area contributed by atoms with Gasteiger partial charge in [0.1, 0.15) is 0 Å². The Morgan fingerprint density at radius 3 is 2.67 bits per heavy atom. The van der Waals surface area contributed by atoms with Crippen LogP contribution in [-0.2, 0) is 10.0 Å². The molecule has 0 bridgehead atoms. The third-order valence-corrected chi connectivity index (χ3v) is 4.97. The van der Waals surface area contributed by atoms with E-state index in [4.69, 9.17) is 0 Å². The van der Waals surface area contributed by atoms with E-state index in [1.165, 1.54) is 0 Å². The van der Waals surface area contributed by atoms with Crippen LogP contribution in [0.3, 0.4) is 0 Å². The number of hydrogen-bond donors (Lipinski definition) is 2. The molecule has 2 N–H and O–H groups in total. The van der Waals surface area contributed by atoms with Crippen molar-refractivity contribution in [3.05, 3.63) is 28.7 Å². The topological polar surface area (TPSA) is 73.8 Å². The summed E-state index contributed by atoms with van der Waals surface area (Å²) in [5, 5.41) is 2.99. The third kappa shape index (κ3) is 4.69. The summed E-state index contributed by atoms with van der Waals surface area (Å²) >= 11 is 3.28. The van der Waals surface area contributed by atoms with Gasteiger partial charge in [0.05, 0.1) is 18.2 Å². The number of benzene rings is 1. The third-order valence-electron chi connectivity index (χ3n) is 3.08. The van der Waals surface area contributed by atoms with Gasteiger partial charge in [-0.3, -0.25) is 4.90 Å². The van der Waals surface area contributed by atoms with Crippen LogP contribution in [-0.4, -0.2) is 39.2 Å². The van der Waals surface area contributed by atoms with Gasteiger partial charge < -0.3 is 5.32 Å². The first-order valence-corrected chi connectivity index (χ1v) is 9.08. The Morgan fingerprint density at radius 2 is 2.10 bits per heavy atom. The molecule has 0 radical (unpaired) electrons. The summed E-state index contributed by atoms with van der Waals surface area (Å²) in [5.41, 5.74) is 0. The molecule has 0 saturated heterocycles. The number of nitrogens with one attached hydrogen (secondary N) is 2. The molecule has 21 heavy (non-hydrogen) atoms. The Morgan fingerprint density at radius 1 is 1.38 bits per heavy atom. The number of aliphatic imine (C=N–C) groups is 1. The lowest BCUT2D eigenvalue weighted by atomic mass is 10.3. The fourth-order valence-electron chi connectivity index (χ4n) is 1.86. The molecule has 116 valence electrons. The highest BCUT2D eigenvalue weighted by Gasteiger charge is 2.19. The summed E-state index contributed by atoms with van der Waals surface area (Å²) in [5.74, 6) is 0.297. The van der Waals surface area contributed by atoms with E-state index in [9.17, 15) is 8.42 Å². The molecular weight excluding hydrogens is 356 g/mol. The van der Waals surface area contributed by atoms with E-state index in [-0.39, 0.29) is 4.90 Å². The SMILES string of the molecule is CCCCN1CN=C(NS(=O)(=O)c2ccc(Br)cc2)NC1. The highest BCUT2D eigenvalue weighted by molar-refractivity contribution is 9.10. The second-order valence-corrected chi connectivity index (χ2v) is 7.39. The van der Waals surface area contributed by atoms with Gasteiger partial charge in [-0.2, -0.15) is 0 Å². The zero-order valence-electron chi connectivity index (χ0n) is 11.8. The smallest absolute Gasteiger partial charge is 0.264 e. The van der Waals surface area contributed by atoms with Gasteiger partial charge in [0.15, 0.2) is 0 Å². The summed E-state index contributed by atoms with van der Waals surface area (Å²) in [4.78, 5) is 6.56. The zero-order valence-corrected chi connectivity index (χ0v) is 14.2. The molecule has 0 atom stereocenters. The van der Waals surface area contributed by atoms with Gasteiger partial charge in [0.2, 0.25) is 5.96 Å². The van der Waals surface area contributed by atoms with E-state index in [2.05, 4.69) is 42.8 Å². The number of halogens is 1. The van der Waals surface area contributed by atoms with Crippen LogP contribution in [0.15, 0.2) is 38.6 Å². The molecule has 0 aliphatic carbocycles. The minimum Gasteiger partial charge on any atom is -0.343 e. The molecule has 0 spiro atoms. The molecule has 6 nitrogen and oxygen atoms in total. The molecule has 0 saturated carbocycles. The Labute approximate surface area is 133 Å². The Balaban J connectivity index is 1.98. The number of sulfonamides is 1.